The Morgan fingerprint density at radius 3 is 2.53 bits per heavy atom. The molecule has 2 heterocycles. The predicted molar refractivity (Wildman–Crippen MR) is 117 cm³/mol. The van der Waals surface area contributed by atoms with Crippen molar-refractivity contribution in [1.82, 2.24) is 14.8 Å². The molecular weight excluding hydrogens is 416 g/mol. The summed E-state index contributed by atoms with van der Waals surface area (Å²) in [4.78, 5) is 37.9. The Balaban J connectivity index is 1.65. The molecule has 0 radical (unpaired) electrons. The van der Waals surface area contributed by atoms with Gasteiger partial charge in [0.25, 0.3) is 5.91 Å². The summed E-state index contributed by atoms with van der Waals surface area (Å²) in [6.45, 7) is 4.98. The standard InChI is InChI=1S/C24H29F2N3O3/c1-4-5-6-21(16(2)30)29-13-18-8-7-17(11-19(18)14-29)12-27-23(32)24(25,26)20-9-10-22(31)28(3)15-20/h7-11,15,21H,4-6,12-14H2,1-3H3,(H,27,32). The summed E-state index contributed by atoms with van der Waals surface area (Å²) in [5.41, 5.74) is 1.90. The lowest BCUT2D eigenvalue weighted by atomic mass is 10.1. The molecule has 2 aromatic rings. The summed E-state index contributed by atoms with van der Waals surface area (Å²) in [7, 11) is 1.35. The fourth-order valence-corrected chi connectivity index (χ4v) is 4.05. The molecule has 1 aliphatic rings. The third-order valence-electron chi connectivity index (χ3n) is 5.95. The minimum Gasteiger partial charge on any atom is -0.346 e. The van der Waals surface area contributed by atoms with E-state index in [9.17, 15) is 23.2 Å². The van der Waals surface area contributed by atoms with Crippen molar-refractivity contribution < 1.29 is 18.4 Å². The molecule has 1 N–H and O–H groups in total. The third-order valence-corrected chi connectivity index (χ3v) is 5.95. The van der Waals surface area contributed by atoms with E-state index in [0.717, 1.165) is 53.3 Å². The molecule has 0 saturated heterocycles. The van der Waals surface area contributed by atoms with Gasteiger partial charge in [-0.1, -0.05) is 38.0 Å². The van der Waals surface area contributed by atoms with Crippen molar-refractivity contribution in [2.45, 2.75) is 64.7 Å². The lowest BCUT2D eigenvalue weighted by Gasteiger charge is -2.25. The Bertz CT molecular complexity index is 1060. The minimum atomic E-state index is -3.76. The van der Waals surface area contributed by atoms with Gasteiger partial charge in [0.2, 0.25) is 5.56 Å². The maximum absolute atomic E-state index is 14.5. The zero-order valence-electron chi connectivity index (χ0n) is 18.7. The number of halogens is 2. The largest absolute Gasteiger partial charge is 0.351 e. The Labute approximate surface area is 186 Å². The summed E-state index contributed by atoms with van der Waals surface area (Å²) in [5, 5.41) is 2.30. The zero-order chi connectivity index (χ0) is 23.5. The number of Topliss-reactive ketones (excluding diaryl/α,β-unsaturated/α-hetero) is 1. The van der Waals surface area contributed by atoms with E-state index < -0.39 is 23.0 Å². The molecule has 0 spiro atoms. The fourth-order valence-electron chi connectivity index (χ4n) is 4.05. The van der Waals surface area contributed by atoms with Crippen LogP contribution in [-0.4, -0.2) is 27.2 Å². The first-order chi connectivity index (χ1) is 15.1. The van der Waals surface area contributed by atoms with Crippen LogP contribution in [0.1, 0.15) is 55.4 Å². The number of hydrogen-bond donors (Lipinski definition) is 1. The molecule has 3 rings (SSSR count). The molecular formula is C24H29F2N3O3. The number of unbranched alkanes of at least 4 members (excludes halogenated alkanes) is 1. The lowest BCUT2D eigenvalue weighted by Crippen LogP contribution is -2.38. The summed E-state index contributed by atoms with van der Waals surface area (Å²) >= 11 is 0. The smallest absolute Gasteiger partial charge is 0.346 e. The highest BCUT2D eigenvalue weighted by Gasteiger charge is 2.41. The summed E-state index contributed by atoms with van der Waals surface area (Å²) < 4.78 is 30.1. The summed E-state index contributed by atoms with van der Waals surface area (Å²) in [6.07, 6.45) is 3.80. The number of hydrogen-bond acceptors (Lipinski definition) is 4. The Morgan fingerprint density at radius 2 is 1.88 bits per heavy atom. The van der Waals surface area contributed by atoms with E-state index in [0.29, 0.717) is 18.7 Å². The first kappa shape index (κ1) is 23.8. The van der Waals surface area contributed by atoms with E-state index in [4.69, 9.17) is 0 Å². The monoisotopic (exact) mass is 445 g/mol. The number of aromatic nitrogens is 1. The topological polar surface area (TPSA) is 71.4 Å². The number of amides is 1. The van der Waals surface area contributed by atoms with Crippen molar-refractivity contribution >= 4 is 11.7 Å². The third kappa shape index (κ3) is 5.12. The number of nitrogens with one attached hydrogen (secondary N) is 1. The summed E-state index contributed by atoms with van der Waals surface area (Å²) in [5.74, 6) is -5.03. The number of carbonyl (C=O) groups excluding carboxylic acids is 2. The molecule has 6 nitrogen and oxygen atoms in total. The van der Waals surface area contributed by atoms with Crippen LogP contribution in [0, 0.1) is 0 Å². The Morgan fingerprint density at radius 1 is 1.16 bits per heavy atom. The van der Waals surface area contributed by atoms with Crippen LogP contribution in [0.4, 0.5) is 8.78 Å². The maximum Gasteiger partial charge on any atom is 0.351 e. The van der Waals surface area contributed by atoms with Crippen LogP contribution in [0.15, 0.2) is 41.3 Å². The number of nitrogens with zero attached hydrogens (tertiary/aromatic N) is 2. The second-order valence-corrected chi connectivity index (χ2v) is 8.40. The number of pyridine rings is 1. The quantitative estimate of drug-likeness (QED) is 0.643. The molecule has 1 aromatic carbocycles. The highest BCUT2D eigenvalue weighted by molar-refractivity contribution is 5.84. The van der Waals surface area contributed by atoms with Crippen LogP contribution in [0.25, 0.3) is 0 Å². The second-order valence-electron chi connectivity index (χ2n) is 8.40. The number of rotatable bonds is 9. The van der Waals surface area contributed by atoms with Gasteiger partial charge in [-0.2, -0.15) is 8.78 Å². The Kier molecular flexibility index (Phi) is 7.23. The van der Waals surface area contributed by atoms with E-state index in [-0.39, 0.29) is 18.4 Å². The SMILES string of the molecule is CCCCC(C(C)=O)N1Cc2ccc(CNC(=O)C(F)(F)c3ccc(=O)n(C)c3)cc2C1. The van der Waals surface area contributed by atoms with Gasteiger partial charge < -0.3 is 9.88 Å². The first-order valence-corrected chi connectivity index (χ1v) is 10.8. The molecule has 1 aromatic heterocycles. The van der Waals surface area contributed by atoms with Gasteiger partial charge >= 0.3 is 5.92 Å². The second kappa shape index (κ2) is 9.73. The lowest BCUT2D eigenvalue weighted by molar-refractivity contribution is -0.147. The van der Waals surface area contributed by atoms with Gasteiger partial charge in [0.05, 0.1) is 6.04 Å². The average molecular weight is 446 g/mol. The van der Waals surface area contributed by atoms with Gasteiger partial charge in [-0.05, 0) is 36.1 Å². The molecule has 1 unspecified atom stereocenters. The van der Waals surface area contributed by atoms with Crippen molar-refractivity contribution in [1.29, 1.82) is 0 Å². The molecule has 32 heavy (non-hydrogen) atoms. The number of ketones is 1. The average Bonchev–Trinajstić information content (AvgIpc) is 3.16. The number of aryl methyl sites for hydroxylation is 1. The van der Waals surface area contributed by atoms with Crippen molar-refractivity contribution in [2.24, 2.45) is 7.05 Å². The first-order valence-electron chi connectivity index (χ1n) is 10.8. The van der Waals surface area contributed by atoms with E-state index in [1.54, 1.807) is 6.92 Å². The van der Waals surface area contributed by atoms with Gasteiger partial charge in [-0.25, -0.2) is 0 Å². The number of benzene rings is 1. The van der Waals surface area contributed by atoms with Gasteiger partial charge in [0.1, 0.15) is 5.78 Å². The van der Waals surface area contributed by atoms with Crippen LogP contribution in [0.2, 0.25) is 0 Å². The van der Waals surface area contributed by atoms with Crippen molar-refractivity contribution in [3.05, 3.63) is 69.1 Å². The molecule has 0 fully saturated rings. The molecule has 1 atom stereocenters. The van der Waals surface area contributed by atoms with Crippen molar-refractivity contribution in [3.8, 4) is 0 Å². The van der Waals surface area contributed by atoms with E-state index in [1.807, 2.05) is 18.2 Å². The minimum absolute atomic E-state index is 0.0422. The van der Waals surface area contributed by atoms with Crippen LogP contribution in [-0.2, 0) is 42.2 Å². The van der Waals surface area contributed by atoms with Gasteiger partial charge in [0.15, 0.2) is 0 Å². The molecule has 1 amide bonds. The predicted octanol–water partition coefficient (Wildman–Crippen LogP) is 3.26. The molecule has 8 heteroatoms. The fraction of sp³-hybridized carbons (Fsp3) is 0.458. The molecule has 0 aliphatic carbocycles. The Hall–Kier alpha value is -2.87. The number of carbonyl (C=O) groups is 2. The summed E-state index contributed by atoms with van der Waals surface area (Å²) in [6, 6.07) is 7.50. The van der Waals surface area contributed by atoms with E-state index >= 15 is 0 Å². The van der Waals surface area contributed by atoms with Gasteiger partial charge in [-0.15, -0.1) is 0 Å². The van der Waals surface area contributed by atoms with Crippen LogP contribution in [0.3, 0.4) is 0 Å². The normalized spacial score (nSPS) is 14.8. The highest BCUT2D eigenvalue weighted by atomic mass is 19.3. The van der Waals surface area contributed by atoms with E-state index in [1.165, 1.54) is 7.05 Å². The van der Waals surface area contributed by atoms with Gasteiger partial charge in [-0.3, -0.25) is 19.3 Å². The number of fused-ring (bicyclic) bond motifs is 1. The van der Waals surface area contributed by atoms with Gasteiger partial charge in [0, 0.05) is 44.5 Å². The molecule has 0 bridgehead atoms. The van der Waals surface area contributed by atoms with Crippen LogP contribution >= 0.6 is 0 Å². The molecule has 172 valence electrons. The molecule has 0 saturated carbocycles. The number of alkyl halides is 2. The highest BCUT2D eigenvalue weighted by Crippen LogP contribution is 2.29. The zero-order valence-corrected chi connectivity index (χ0v) is 18.7. The van der Waals surface area contributed by atoms with Crippen molar-refractivity contribution in [2.75, 3.05) is 0 Å². The maximum atomic E-state index is 14.5. The molecule has 1 aliphatic heterocycles. The van der Waals surface area contributed by atoms with Crippen LogP contribution < -0.4 is 10.9 Å². The van der Waals surface area contributed by atoms with Crippen LogP contribution in [0.5, 0.6) is 0 Å². The van der Waals surface area contributed by atoms with E-state index in [2.05, 4.69) is 17.1 Å². The van der Waals surface area contributed by atoms with Crippen molar-refractivity contribution in [3.63, 3.8) is 0 Å².